The third kappa shape index (κ3) is 6.50. The van der Waals surface area contributed by atoms with Crippen LogP contribution in [0.25, 0.3) is 0 Å². The number of benzene rings is 3. The van der Waals surface area contributed by atoms with Crippen molar-refractivity contribution in [3.05, 3.63) is 94.0 Å². The van der Waals surface area contributed by atoms with Gasteiger partial charge in [-0.25, -0.2) is 13.8 Å². The second kappa shape index (κ2) is 11.2. The van der Waals surface area contributed by atoms with E-state index in [1.165, 1.54) is 25.5 Å². The van der Waals surface area contributed by atoms with E-state index in [1.54, 1.807) is 13.0 Å². The van der Waals surface area contributed by atoms with E-state index < -0.39 is 22.5 Å². The highest BCUT2D eigenvalue weighted by molar-refractivity contribution is 9.10. The van der Waals surface area contributed by atoms with Crippen LogP contribution in [-0.4, -0.2) is 38.5 Å². The molecule has 0 fully saturated rings. The Morgan fingerprint density at radius 3 is 2.45 bits per heavy atom. The van der Waals surface area contributed by atoms with Gasteiger partial charge in [0.25, 0.3) is 5.91 Å². The van der Waals surface area contributed by atoms with Gasteiger partial charge in [0.2, 0.25) is 10.0 Å². The maximum atomic E-state index is 13.4. The van der Waals surface area contributed by atoms with Crippen LogP contribution in [0.1, 0.15) is 16.7 Å². The lowest BCUT2D eigenvalue weighted by Gasteiger charge is -2.22. The fourth-order valence-electron chi connectivity index (χ4n) is 3.12. The Labute approximate surface area is 202 Å². The summed E-state index contributed by atoms with van der Waals surface area (Å²) >= 11 is 3.41. The number of hydrogen-bond donors (Lipinski definition) is 1. The number of aryl methyl sites for hydroxylation is 1. The van der Waals surface area contributed by atoms with E-state index in [4.69, 9.17) is 4.74 Å². The van der Waals surface area contributed by atoms with Crippen LogP contribution in [0.2, 0.25) is 0 Å². The predicted octanol–water partition coefficient (Wildman–Crippen LogP) is 4.11. The van der Waals surface area contributed by atoms with Crippen molar-refractivity contribution in [2.45, 2.75) is 18.4 Å². The lowest BCUT2D eigenvalue weighted by molar-refractivity contribution is -0.121. The van der Waals surface area contributed by atoms with Crippen LogP contribution >= 0.6 is 15.9 Å². The Hall–Kier alpha value is -3.01. The van der Waals surface area contributed by atoms with Gasteiger partial charge in [-0.15, -0.1) is 0 Å². The molecule has 0 atom stereocenters. The number of hydrogen-bond acceptors (Lipinski definition) is 5. The summed E-state index contributed by atoms with van der Waals surface area (Å²) in [4.78, 5) is 12.7. The van der Waals surface area contributed by atoms with Gasteiger partial charge in [0.05, 0.1) is 24.8 Å². The molecule has 0 aromatic heterocycles. The molecule has 33 heavy (non-hydrogen) atoms. The van der Waals surface area contributed by atoms with E-state index in [2.05, 4.69) is 26.5 Å². The highest BCUT2D eigenvalue weighted by atomic mass is 79.9. The van der Waals surface area contributed by atoms with Crippen molar-refractivity contribution >= 4 is 38.1 Å². The minimum atomic E-state index is -3.97. The van der Waals surface area contributed by atoms with Crippen molar-refractivity contribution in [2.75, 3.05) is 13.7 Å². The summed E-state index contributed by atoms with van der Waals surface area (Å²) in [5, 5.41) is 3.96. The van der Waals surface area contributed by atoms with Gasteiger partial charge >= 0.3 is 0 Å². The normalized spacial score (nSPS) is 11.6. The molecule has 7 nitrogen and oxygen atoms in total. The van der Waals surface area contributed by atoms with Crippen molar-refractivity contribution < 1.29 is 17.9 Å². The smallest absolute Gasteiger partial charge is 0.255 e. The maximum Gasteiger partial charge on any atom is 0.255 e. The van der Waals surface area contributed by atoms with E-state index in [1.807, 2.05) is 54.6 Å². The van der Waals surface area contributed by atoms with Crippen molar-refractivity contribution in [3.63, 3.8) is 0 Å². The monoisotopic (exact) mass is 529 g/mol. The number of hydrazone groups is 1. The molecule has 3 aromatic rings. The highest BCUT2D eigenvalue weighted by Crippen LogP contribution is 2.24. The largest absolute Gasteiger partial charge is 0.496 e. The molecule has 0 aliphatic heterocycles. The lowest BCUT2D eigenvalue weighted by atomic mass is 10.2. The van der Waals surface area contributed by atoms with Gasteiger partial charge in [-0.3, -0.25) is 4.79 Å². The molecular formula is C24H24BrN3O4S. The SMILES string of the molecule is COc1ccc(S(=O)(=O)N(CC(=O)N/N=C/c2ccccc2Br)Cc2ccccc2)cc1C. The summed E-state index contributed by atoms with van der Waals surface area (Å²) < 4.78 is 34.0. The van der Waals surface area contributed by atoms with E-state index in [0.29, 0.717) is 11.3 Å². The van der Waals surface area contributed by atoms with Gasteiger partial charge < -0.3 is 4.74 Å². The minimum absolute atomic E-state index is 0.0373. The summed E-state index contributed by atoms with van der Waals surface area (Å²) in [6.07, 6.45) is 1.49. The lowest BCUT2D eigenvalue weighted by Crippen LogP contribution is -2.39. The topological polar surface area (TPSA) is 88.1 Å². The highest BCUT2D eigenvalue weighted by Gasteiger charge is 2.27. The maximum absolute atomic E-state index is 13.4. The number of amides is 1. The molecule has 3 rings (SSSR count). The number of rotatable bonds is 9. The Bertz CT molecular complexity index is 1250. The molecule has 0 heterocycles. The summed E-state index contributed by atoms with van der Waals surface area (Å²) in [6.45, 7) is 1.41. The number of carbonyl (C=O) groups excluding carboxylic acids is 1. The van der Waals surface area contributed by atoms with Crippen LogP contribution in [-0.2, 0) is 21.4 Å². The third-order valence-corrected chi connectivity index (χ3v) is 7.33. The molecular weight excluding hydrogens is 506 g/mol. The number of nitrogens with one attached hydrogen (secondary N) is 1. The number of nitrogens with zero attached hydrogens (tertiary/aromatic N) is 2. The van der Waals surface area contributed by atoms with Crippen molar-refractivity contribution in [1.82, 2.24) is 9.73 Å². The first-order valence-corrected chi connectivity index (χ1v) is 12.3. The molecule has 0 saturated carbocycles. The molecule has 0 saturated heterocycles. The number of halogens is 1. The zero-order valence-electron chi connectivity index (χ0n) is 18.2. The molecule has 0 unspecified atom stereocenters. The second-order valence-corrected chi connectivity index (χ2v) is 10.00. The van der Waals surface area contributed by atoms with Crippen LogP contribution in [0.5, 0.6) is 5.75 Å². The standard InChI is InChI=1S/C24H24BrN3O4S/c1-18-14-21(12-13-23(18)32-2)33(30,31)28(16-19-8-4-3-5-9-19)17-24(29)27-26-15-20-10-6-7-11-22(20)25/h3-15H,16-17H2,1-2H3,(H,27,29)/b26-15+. The van der Waals surface area contributed by atoms with Gasteiger partial charge in [0, 0.05) is 16.6 Å². The zero-order valence-corrected chi connectivity index (χ0v) is 20.6. The van der Waals surface area contributed by atoms with E-state index in [-0.39, 0.29) is 11.4 Å². The zero-order chi connectivity index (χ0) is 23.8. The molecule has 1 N–H and O–H groups in total. The van der Waals surface area contributed by atoms with Crippen molar-refractivity contribution in [2.24, 2.45) is 5.10 Å². The van der Waals surface area contributed by atoms with Gasteiger partial charge in [-0.05, 0) is 42.3 Å². The van der Waals surface area contributed by atoms with Crippen molar-refractivity contribution in [3.8, 4) is 5.75 Å². The quantitative estimate of drug-likeness (QED) is 0.333. The number of sulfonamides is 1. The number of methoxy groups -OCH3 is 1. The molecule has 0 radical (unpaired) electrons. The fourth-order valence-corrected chi connectivity index (χ4v) is 4.98. The summed E-state index contributed by atoms with van der Waals surface area (Å²) in [5.74, 6) is 0.0331. The van der Waals surface area contributed by atoms with Gasteiger partial charge in [-0.1, -0.05) is 64.5 Å². The van der Waals surface area contributed by atoms with Crippen LogP contribution in [0.4, 0.5) is 0 Å². The average molecular weight is 530 g/mol. The van der Waals surface area contributed by atoms with Gasteiger partial charge in [0.15, 0.2) is 0 Å². The first kappa shape index (κ1) is 24.6. The Balaban J connectivity index is 1.82. The van der Waals surface area contributed by atoms with Crippen LogP contribution in [0.3, 0.4) is 0 Å². The van der Waals surface area contributed by atoms with E-state index in [9.17, 15) is 13.2 Å². The van der Waals surface area contributed by atoms with Gasteiger partial charge in [-0.2, -0.15) is 9.41 Å². The van der Waals surface area contributed by atoms with Crippen LogP contribution < -0.4 is 10.2 Å². The average Bonchev–Trinajstić information content (AvgIpc) is 2.80. The van der Waals surface area contributed by atoms with Gasteiger partial charge in [0.1, 0.15) is 5.75 Å². The van der Waals surface area contributed by atoms with Crippen LogP contribution in [0, 0.1) is 6.92 Å². The number of ether oxygens (including phenoxy) is 1. The summed E-state index contributed by atoms with van der Waals surface area (Å²) in [5.41, 5.74) is 4.63. The molecule has 0 aliphatic carbocycles. The van der Waals surface area contributed by atoms with Crippen LogP contribution in [0.15, 0.2) is 87.3 Å². The third-order valence-electron chi connectivity index (χ3n) is 4.82. The molecule has 172 valence electrons. The second-order valence-electron chi connectivity index (χ2n) is 7.20. The molecule has 0 bridgehead atoms. The summed E-state index contributed by atoms with van der Waals surface area (Å²) in [6, 6.07) is 21.1. The first-order chi connectivity index (χ1) is 15.8. The fraction of sp³-hybridized carbons (Fsp3) is 0.167. The number of carbonyl (C=O) groups is 1. The van der Waals surface area contributed by atoms with Crippen molar-refractivity contribution in [1.29, 1.82) is 0 Å². The molecule has 0 aliphatic rings. The summed E-state index contributed by atoms with van der Waals surface area (Å²) in [7, 11) is -2.44. The Morgan fingerprint density at radius 1 is 1.09 bits per heavy atom. The minimum Gasteiger partial charge on any atom is -0.496 e. The Morgan fingerprint density at radius 2 is 1.79 bits per heavy atom. The predicted molar refractivity (Wildman–Crippen MR) is 132 cm³/mol. The molecule has 3 aromatic carbocycles. The molecule has 9 heteroatoms. The Kier molecular flexibility index (Phi) is 8.37. The van der Waals surface area contributed by atoms with E-state index in [0.717, 1.165) is 19.9 Å². The molecule has 0 spiro atoms. The van der Waals surface area contributed by atoms with E-state index >= 15 is 0 Å². The first-order valence-electron chi connectivity index (χ1n) is 10.1. The molecule has 1 amide bonds.